The van der Waals surface area contributed by atoms with E-state index in [0.29, 0.717) is 24.7 Å². The number of nitrogens with zero attached hydrogens (tertiary/aromatic N) is 6. The Labute approximate surface area is 313 Å². The van der Waals surface area contributed by atoms with E-state index in [4.69, 9.17) is 0 Å². The lowest BCUT2D eigenvalue weighted by Crippen LogP contribution is -2.49. The second-order valence-corrected chi connectivity index (χ2v) is 15.3. The number of likely N-dealkylation sites (N-methyl/N-ethyl adjacent to an activating group) is 2. The summed E-state index contributed by atoms with van der Waals surface area (Å²) in [6, 6.07) is 14.8. The standard InChI is InChI=1S/C40H46N8O6/c1-5-29(45(3)39(51)52)37(49)47-31-15-25(31)17-33(47)35-41-19-27(43-35)23-11-7-21(8-12-23)22-9-13-24(14-10-22)28-20-42-36(44-28)34-18-26-16-32(26)48(34)38(50)30(6-2)46(4)40(53)54/h7-14,19-20,25-26,29-34H,5-6,15-18H2,1-4H3,(H,41,43)(H,42,44)(H,51,52)(H,53,54)/t25-,26-,29+,30+,31-,32-,33+,34+/m1/s1. The highest BCUT2D eigenvalue weighted by Crippen LogP contribution is 2.54. The zero-order valence-electron chi connectivity index (χ0n) is 30.8. The smallest absolute Gasteiger partial charge is 0.407 e. The molecule has 4 amide bonds. The van der Waals surface area contributed by atoms with Crippen molar-refractivity contribution in [2.75, 3.05) is 14.1 Å². The molecular weight excluding hydrogens is 688 g/mol. The second kappa shape index (κ2) is 13.6. The van der Waals surface area contributed by atoms with Crippen LogP contribution < -0.4 is 0 Å². The number of H-pyrrole nitrogens is 2. The largest absolute Gasteiger partial charge is 0.465 e. The summed E-state index contributed by atoms with van der Waals surface area (Å²) in [5.74, 6) is 1.98. The van der Waals surface area contributed by atoms with E-state index in [1.807, 2.05) is 47.9 Å². The van der Waals surface area contributed by atoms with Crippen LogP contribution in [0, 0.1) is 11.8 Å². The number of aromatic amines is 2. The normalized spacial score (nSPS) is 24.7. The molecule has 14 heteroatoms. The predicted octanol–water partition coefficient (Wildman–Crippen LogP) is 6.23. The molecule has 2 aromatic carbocycles. The molecule has 2 saturated carbocycles. The van der Waals surface area contributed by atoms with Gasteiger partial charge in [0.1, 0.15) is 23.7 Å². The van der Waals surface area contributed by atoms with E-state index in [9.17, 15) is 29.4 Å². The number of carbonyl (C=O) groups excluding carboxylic acids is 2. The molecule has 0 spiro atoms. The van der Waals surface area contributed by atoms with Crippen LogP contribution in [-0.4, -0.2) is 112 Å². The van der Waals surface area contributed by atoms with Gasteiger partial charge in [-0.25, -0.2) is 19.6 Å². The molecule has 4 aromatic rings. The lowest BCUT2D eigenvalue weighted by atomic mass is 10.0. The Balaban J connectivity index is 0.937. The number of nitrogens with one attached hydrogen (secondary N) is 2. The van der Waals surface area contributed by atoms with Crippen LogP contribution in [0.5, 0.6) is 0 Å². The predicted molar refractivity (Wildman–Crippen MR) is 199 cm³/mol. The molecule has 14 nitrogen and oxygen atoms in total. The molecule has 4 fully saturated rings. The summed E-state index contributed by atoms with van der Waals surface area (Å²) in [4.78, 5) is 72.8. The SMILES string of the molecule is CC[C@@H](C(=O)N1[C@@H]2C[C@@H]2C[C@H]1c1ncc(-c2ccc(-c3ccc(-c4cnc([C@@H]5C[C@H]6C[C@H]6N5C(=O)[C@H](CC)N(C)C(=O)O)[nH]4)cc3)cc2)[nH]1)N(C)C(=O)O. The summed E-state index contributed by atoms with van der Waals surface area (Å²) in [7, 11) is 2.91. The Bertz CT molecular complexity index is 1930. The maximum Gasteiger partial charge on any atom is 0.407 e. The van der Waals surface area contributed by atoms with E-state index in [2.05, 4.69) is 44.2 Å². The van der Waals surface area contributed by atoms with E-state index in [1.54, 1.807) is 12.4 Å². The Kier molecular flexibility index (Phi) is 8.93. The van der Waals surface area contributed by atoms with E-state index in [-0.39, 0.29) is 36.0 Å². The Morgan fingerprint density at radius 2 is 1.00 bits per heavy atom. The van der Waals surface area contributed by atoms with Crippen molar-refractivity contribution in [1.29, 1.82) is 0 Å². The summed E-state index contributed by atoms with van der Waals surface area (Å²) >= 11 is 0. The van der Waals surface area contributed by atoms with Gasteiger partial charge >= 0.3 is 12.2 Å². The lowest BCUT2D eigenvalue weighted by Gasteiger charge is -2.32. The van der Waals surface area contributed by atoms with Crippen molar-refractivity contribution in [3.63, 3.8) is 0 Å². The number of aromatic nitrogens is 4. The number of imidazole rings is 2. The first-order valence-corrected chi connectivity index (χ1v) is 18.9. The molecule has 2 aromatic heterocycles. The Morgan fingerprint density at radius 3 is 1.33 bits per heavy atom. The molecule has 54 heavy (non-hydrogen) atoms. The van der Waals surface area contributed by atoms with Crippen molar-refractivity contribution in [1.82, 2.24) is 39.5 Å². The van der Waals surface area contributed by atoms with Crippen molar-refractivity contribution >= 4 is 24.0 Å². The van der Waals surface area contributed by atoms with Crippen LogP contribution in [-0.2, 0) is 9.59 Å². The van der Waals surface area contributed by atoms with Gasteiger partial charge in [-0.05, 0) is 72.6 Å². The number of hydrogen-bond acceptors (Lipinski definition) is 6. The number of amides is 4. The fourth-order valence-electron chi connectivity index (χ4n) is 8.86. The molecule has 282 valence electrons. The first-order chi connectivity index (χ1) is 26.0. The second-order valence-electron chi connectivity index (χ2n) is 15.3. The zero-order chi connectivity index (χ0) is 38.0. The van der Waals surface area contributed by atoms with Gasteiger partial charge < -0.3 is 30.0 Å². The van der Waals surface area contributed by atoms with Crippen molar-refractivity contribution in [3.8, 4) is 33.6 Å². The number of rotatable bonds is 11. The molecule has 4 heterocycles. The fourth-order valence-corrected chi connectivity index (χ4v) is 8.86. The van der Waals surface area contributed by atoms with Gasteiger partial charge in [0.25, 0.3) is 0 Å². The maximum atomic E-state index is 13.6. The van der Waals surface area contributed by atoms with Crippen LogP contribution in [0.4, 0.5) is 9.59 Å². The number of hydrogen-bond donors (Lipinski definition) is 4. The minimum Gasteiger partial charge on any atom is -0.465 e. The van der Waals surface area contributed by atoms with Gasteiger partial charge in [-0.3, -0.25) is 19.4 Å². The van der Waals surface area contributed by atoms with Crippen LogP contribution in [0.15, 0.2) is 60.9 Å². The van der Waals surface area contributed by atoms with Crippen molar-refractivity contribution in [2.45, 2.75) is 88.6 Å². The summed E-state index contributed by atoms with van der Waals surface area (Å²) in [5.41, 5.74) is 5.73. The highest BCUT2D eigenvalue weighted by Gasteiger charge is 2.57. The summed E-state index contributed by atoms with van der Waals surface area (Å²) in [5, 5.41) is 19.1. The summed E-state index contributed by atoms with van der Waals surface area (Å²) < 4.78 is 0. The molecule has 0 unspecified atom stereocenters. The highest BCUT2D eigenvalue weighted by atomic mass is 16.4. The van der Waals surface area contributed by atoms with E-state index < -0.39 is 24.3 Å². The van der Waals surface area contributed by atoms with Crippen LogP contribution >= 0.6 is 0 Å². The van der Waals surface area contributed by atoms with Crippen molar-refractivity contribution < 1.29 is 29.4 Å². The third-order valence-corrected chi connectivity index (χ3v) is 12.1. The molecule has 0 radical (unpaired) electrons. The molecule has 2 aliphatic carbocycles. The minimum absolute atomic E-state index is 0.139. The first kappa shape index (κ1) is 35.4. The van der Waals surface area contributed by atoms with Crippen LogP contribution in [0.25, 0.3) is 33.6 Å². The van der Waals surface area contributed by atoms with E-state index >= 15 is 0 Å². The lowest BCUT2D eigenvalue weighted by molar-refractivity contribution is -0.139. The number of piperidine rings is 2. The number of likely N-dealkylation sites (tertiary alicyclic amines) is 2. The molecular formula is C40H46N8O6. The third kappa shape index (κ3) is 6.16. The third-order valence-electron chi connectivity index (χ3n) is 12.1. The number of benzene rings is 2. The van der Waals surface area contributed by atoms with Gasteiger partial charge in [0, 0.05) is 26.2 Å². The Morgan fingerprint density at radius 1 is 0.648 bits per heavy atom. The molecule has 4 N–H and O–H groups in total. The summed E-state index contributed by atoms with van der Waals surface area (Å²) in [6.45, 7) is 3.67. The maximum absolute atomic E-state index is 13.6. The summed E-state index contributed by atoms with van der Waals surface area (Å²) in [6.07, 6.45) is 5.72. The van der Waals surface area contributed by atoms with Gasteiger partial charge in [-0.2, -0.15) is 0 Å². The van der Waals surface area contributed by atoms with E-state index in [1.165, 1.54) is 14.1 Å². The first-order valence-electron chi connectivity index (χ1n) is 18.9. The van der Waals surface area contributed by atoms with Crippen molar-refractivity contribution in [3.05, 3.63) is 72.6 Å². The van der Waals surface area contributed by atoms with Gasteiger partial charge in [-0.15, -0.1) is 0 Å². The van der Waals surface area contributed by atoms with Gasteiger partial charge in [0.05, 0.1) is 35.9 Å². The molecule has 4 aliphatic rings. The average Bonchev–Trinajstić information content (AvgIpc) is 3.76. The van der Waals surface area contributed by atoms with Crippen molar-refractivity contribution in [2.24, 2.45) is 11.8 Å². The molecule has 2 saturated heterocycles. The monoisotopic (exact) mass is 734 g/mol. The zero-order valence-corrected chi connectivity index (χ0v) is 30.8. The van der Waals surface area contributed by atoms with Gasteiger partial charge in [0.15, 0.2) is 0 Å². The number of carboxylic acid groups (broad SMARTS) is 2. The van der Waals surface area contributed by atoms with Crippen LogP contribution in [0.3, 0.4) is 0 Å². The fraction of sp³-hybridized carbons (Fsp3) is 0.450. The van der Waals surface area contributed by atoms with Gasteiger partial charge in [0.2, 0.25) is 11.8 Å². The number of carbonyl (C=O) groups is 4. The minimum atomic E-state index is -1.11. The topological polar surface area (TPSA) is 179 Å². The van der Waals surface area contributed by atoms with Gasteiger partial charge in [-0.1, -0.05) is 62.4 Å². The van der Waals surface area contributed by atoms with E-state index in [0.717, 1.165) is 80.8 Å². The van der Waals surface area contributed by atoms with Crippen LogP contribution in [0.2, 0.25) is 0 Å². The molecule has 0 bridgehead atoms. The Hall–Kier alpha value is -5.66. The number of fused-ring (bicyclic) bond motifs is 2. The molecule has 8 atom stereocenters. The average molecular weight is 735 g/mol. The van der Waals surface area contributed by atoms with Crippen LogP contribution in [0.1, 0.15) is 76.1 Å². The quantitative estimate of drug-likeness (QED) is 0.140. The highest BCUT2D eigenvalue weighted by molar-refractivity contribution is 5.87. The molecule has 2 aliphatic heterocycles. The molecule has 8 rings (SSSR count).